The molecule has 2 heteroatoms. The molecule has 2 aromatic carbocycles. The van der Waals surface area contributed by atoms with Crippen molar-refractivity contribution >= 4 is 21.4 Å². The van der Waals surface area contributed by atoms with E-state index in [1.165, 1.54) is 33.2 Å². The summed E-state index contributed by atoms with van der Waals surface area (Å²) in [6.07, 6.45) is 2.36. The summed E-state index contributed by atoms with van der Waals surface area (Å²) in [4.78, 5) is 0. The van der Waals surface area contributed by atoms with Crippen LogP contribution in [0.1, 0.15) is 36.1 Å². The Balaban J connectivity index is 1.97. The van der Waals surface area contributed by atoms with Gasteiger partial charge in [-0.2, -0.15) is 0 Å². The third-order valence-electron chi connectivity index (χ3n) is 3.96. The average Bonchev–Trinajstić information content (AvgIpc) is 2.94. The van der Waals surface area contributed by atoms with E-state index in [0.29, 0.717) is 0 Å². The Morgan fingerprint density at radius 1 is 1.05 bits per heavy atom. The molecule has 3 aromatic rings. The third kappa shape index (κ3) is 2.87. The second-order valence-corrected chi connectivity index (χ2v) is 6.31. The van der Waals surface area contributed by atoms with Crippen LogP contribution in [-0.2, 0) is 6.42 Å². The lowest BCUT2D eigenvalue weighted by Crippen LogP contribution is -2.17. The van der Waals surface area contributed by atoms with E-state index in [9.17, 15) is 0 Å². The van der Waals surface area contributed by atoms with Crippen LogP contribution in [0.25, 0.3) is 10.1 Å². The molecular weight excluding hydrogens is 274 g/mol. The molecule has 1 unspecified atom stereocenters. The lowest BCUT2D eigenvalue weighted by Gasteiger charge is -2.17. The largest absolute Gasteiger partial charge is 0.309 e. The Labute approximate surface area is 130 Å². The van der Waals surface area contributed by atoms with Crippen molar-refractivity contribution in [3.8, 4) is 0 Å². The van der Waals surface area contributed by atoms with Crippen LogP contribution >= 0.6 is 11.3 Å². The number of nitrogens with one attached hydrogen (secondary N) is 1. The molecule has 0 spiro atoms. The number of rotatable bonds is 5. The van der Waals surface area contributed by atoms with Crippen LogP contribution in [0.2, 0.25) is 0 Å². The minimum atomic E-state index is 0.261. The van der Waals surface area contributed by atoms with Crippen molar-refractivity contribution < 1.29 is 0 Å². The lowest BCUT2D eigenvalue weighted by molar-refractivity contribution is 0.698. The molecule has 21 heavy (non-hydrogen) atoms. The zero-order valence-corrected chi connectivity index (χ0v) is 13.4. The maximum absolute atomic E-state index is 3.47. The minimum Gasteiger partial charge on any atom is -0.309 e. The summed E-state index contributed by atoms with van der Waals surface area (Å²) in [7, 11) is 2.04. The molecule has 0 saturated carbocycles. The van der Waals surface area contributed by atoms with Gasteiger partial charge in [0, 0.05) is 4.70 Å². The average molecular weight is 295 g/mol. The first-order valence-corrected chi connectivity index (χ1v) is 8.43. The van der Waals surface area contributed by atoms with E-state index >= 15 is 0 Å². The molecule has 0 radical (unpaired) electrons. The topological polar surface area (TPSA) is 12.0 Å². The van der Waals surface area contributed by atoms with Gasteiger partial charge in [0.05, 0.1) is 6.04 Å². The Morgan fingerprint density at radius 2 is 1.81 bits per heavy atom. The molecule has 0 amide bonds. The SMILES string of the molecule is CCCc1ccc(C(NC)c2csc3ccccc23)cc1. The molecule has 1 heterocycles. The summed E-state index contributed by atoms with van der Waals surface area (Å²) in [6.45, 7) is 2.22. The number of fused-ring (bicyclic) bond motifs is 1. The first-order valence-electron chi connectivity index (χ1n) is 7.55. The molecule has 0 bridgehead atoms. The van der Waals surface area contributed by atoms with Gasteiger partial charge in [0.1, 0.15) is 0 Å². The molecular formula is C19H21NS. The summed E-state index contributed by atoms with van der Waals surface area (Å²) in [5.74, 6) is 0. The monoisotopic (exact) mass is 295 g/mol. The number of hydrogen-bond acceptors (Lipinski definition) is 2. The molecule has 0 fully saturated rings. The number of hydrogen-bond donors (Lipinski definition) is 1. The van der Waals surface area contributed by atoms with Crippen molar-refractivity contribution in [1.29, 1.82) is 0 Å². The smallest absolute Gasteiger partial charge is 0.0588 e. The van der Waals surface area contributed by atoms with Gasteiger partial charge in [-0.05, 0) is 47.0 Å². The van der Waals surface area contributed by atoms with Gasteiger partial charge in [0.2, 0.25) is 0 Å². The molecule has 1 N–H and O–H groups in total. The van der Waals surface area contributed by atoms with Crippen molar-refractivity contribution in [2.45, 2.75) is 25.8 Å². The molecule has 0 aliphatic carbocycles. The Kier molecular flexibility index (Phi) is 4.37. The highest BCUT2D eigenvalue weighted by molar-refractivity contribution is 7.17. The van der Waals surface area contributed by atoms with Gasteiger partial charge in [-0.15, -0.1) is 11.3 Å². The van der Waals surface area contributed by atoms with E-state index in [1.54, 1.807) is 0 Å². The van der Waals surface area contributed by atoms with E-state index in [0.717, 1.165) is 6.42 Å². The van der Waals surface area contributed by atoms with Gasteiger partial charge in [0.25, 0.3) is 0 Å². The van der Waals surface area contributed by atoms with Gasteiger partial charge < -0.3 is 5.32 Å². The van der Waals surface area contributed by atoms with Crippen LogP contribution in [-0.4, -0.2) is 7.05 Å². The molecule has 0 saturated heterocycles. The van der Waals surface area contributed by atoms with E-state index in [1.807, 2.05) is 18.4 Å². The Morgan fingerprint density at radius 3 is 2.52 bits per heavy atom. The predicted octanol–water partition coefficient (Wildman–Crippen LogP) is 5.16. The summed E-state index contributed by atoms with van der Waals surface area (Å²) in [5, 5.41) is 7.12. The molecule has 1 atom stereocenters. The van der Waals surface area contributed by atoms with E-state index in [4.69, 9.17) is 0 Å². The van der Waals surface area contributed by atoms with Crippen LogP contribution < -0.4 is 5.32 Å². The van der Waals surface area contributed by atoms with Crippen molar-refractivity contribution in [3.63, 3.8) is 0 Å². The Hall–Kier alpha value is -1.64. The van der Waals surface area contributed by atoms with Crippen molar-refractivity contribution in [2.24, 2.45) is 0 Å². The fourth-order valence-corrected chi connectivity index (χ4v) is 3.88. The van der Waals surface area contributed by atoms with Gasteiger partial charge >= 0.3 is 0 Å². The fraction of sp³-hybridized carbons (Fsp3) is 0.263. The molecule has 108 valence electrons. The van der Waals surface area contributed by atoms with Crippen molar-refractivity contribution in [1.82, 2.24) is 5.32 Å². The van der Waals surface area contributed by atoms with E-state index in [-0.39, 0.29) is 6.04 Å². The van der Waals surface area contributed by atoms with E-state index < -0.39 is 0 Å². The maximum Gasteiger partial charge on any atom is 0.0588 e. The van der Waals surface area contributed by atoms with Gasteiger partial charge in [-0.25, -0.2) is 0 Å². The molecule has 0 aliphatic rings. The third-order valence-corrected chi connectivity index (χ3v) is 4.94. The van der Waals surface area contributed by atoms with Gasteiger partial charge in [0.15, 0.2) is 0 Å². The molecule has 3 rings (SSSR count). The lowest BCUT2D eigenvalue weighted by atomic mass is 9.97. The molecule has 0 aliphatic heterocycles. The summed E-state index contributed by atoms with van der Waals surface area (Å²) >= 11 is 1.82. The van der Waals surface area contributed by atoms with Crippen molar-refractivity contribution in [2.75, 3.05) is 7.05 Å². The highest BCUT2D eigenvalue weighted by atomic mass is 32.1. The standard InChI is InChI=1S/C19H21NS/c1-3-6-14-9-11-15(12-10-14)19(20-2)17-13-21-18-8-5-4-7-16(17)18/h4-5,7-13,19-20H,3,6H2,1-2H3. The van der Waals surface area contributed by atoms with Crippen LogP contribution in [0.15, 0.2) is 53.9 Å². The van der Waals surface area contributed by atoms with E-state index in [2.05, 4.69) is 66.2 Å². The summed E-state index contributed by atoms with van der Waals surface area (Å²) < 4.78 is 1.36. The normalized spacial score (nSPS) is 12.7. The Bertz CT molecular complexity index is 712. The molecule has 1 nitrogen and oxygen atoms in total. The number of aryl methyl sites for hydroxylation is 1. The highest BCUT2D eigenvalue weighted by Gasteiger charge is 2.15. The molecule has 1 aromatic heterocycles. The quantitative estimate of drug-likeness (QED) is 0.685. The summed E-state index contributed by atoms with van der Waals surface area (Å²) in [6, 6.07) is 18.0. The fourth-order valence-electron chi connectivity index (χ4n) is 2.89. The second-order valence-electron chi connectivity index (χ2n) is 5.40. The highest BCUT2D eigenvalue weighted by Crippen LogP contribution is 2.33. The predicted molar refractivity (Wildman–Crippen MR) is 93.2 cm³/mol. The van der Waals surface area contributed by atoms with Crippen LogP contribution in [0.3, 0.4) is 0 Å². The first-order chi connectivity index (χ1) is 10.3. The first kappa shape index (κ1) is 14.3. The number of thiophene rings is 1. The number of benzene rings is 2. The van der Waals surface area contributed by atoms with Crippen LogP contribution in [0.5, 0.6) is 0 Å². The second kappa shape index (κ2) is 6.42. The zero-order valence-electron chi connectivity index (χ0n) is 12.6. The van der Waals surface area contributed by atoms with Crippen LogP contribution in [0, 0.1) is 0 Å². The van der Waals surface area contributed by atoms with Gasteiger partial charge in [-0.3, -0.25) is 0 Å². The summed E-state index contributed by atoms with van der Waals surface area (Å²) in [5.41, 5.74) is 4.13. The maximum atomic E-state index is 3.47. The van der Waals surface area contributed by atoms with Crippen molar-refractivity contribution in [3.05, 3.63) is 70.6 Å². The van der Waals surface area contributed by atoms with Gasteiger partial charge in [-0.1, -0.05) is 55.8 Å². The zero-order chi connectivity index (χ0) is 14.7. The minimum absolute atomic E-state index is 0.261. The van der Waals surface area contributed by atoms with Crippen LogP contribution in [0.4, 0.5) is 0 Å².